The number of rotatable bonds is 4. The van der Waals surface area contributed by atoms with Gasteiger partial charge in [0, 0.05) is 6.20 Å². The fraction of sp³-hybridized carbons (Fsp3) is 0.167. The first-order valence-electron chi connectivity index (χ1n) is 5.12. The topological polar surface area (TPSA) is 57.8 Å². The molecule has 1 aromatic heterocycles. The van der Waals surface area contributed by atoms with E-state index in [1.165, 1.54) is 0 Å². The maximum Gasteiger partial charge on any atom is 0.224 e. The summed E-state index contributed by atoms with van der Waals surface area (Å²) in [5, 5.41) is 2.82. The summed E-state index contributed by atoms with van der Waals surface area (Å²) in [6.07, 6.45) is 3.70. The van der Waals surface area contributed by atoms with Crippen LogP contribution >= 0.6 is 0 Å². The first-order valence-corrected chi connectivity index (χ1v) is 5.12. The maximum atomic E-state index is 11.6. The number of hydrogen-bond donors (Lipinski definition) is 2. The molecule has 0 saturated carbocycles. The summed E-state index contributed by atoms with van der Waals surface area (Å²) < 4.78 is 0. The zero-order valence-electron chi connectivity index (χ0n) is 8.81. The highest BCUT2D eigenvalue weighted by Gasteiger charge is 2.02. The van der Waals surface area contributed by atoms with E-state index in [1.54, 1.807) is 12.5 Å². The monoisotopic (exact) mass is 215 g/mol. The van der Waals surface area contributed by atoms with Crippen molar-refractivity contribution in [3.8, 4) is 0 Å². The normalized spacial score (nSPS) is 10.0. The molecule has 1 heterocycles. The Hall–Kier alpha value is -2.10. The number of nitrogens with one attached hydrogen (secondary N) is 2. The molecule has 4 heteroatoms. The molecule has 2 N–H and O–H groups in total. The average molecular weight is 215 g/mol. The van der Waals surface area contributed by atoms with Crippen LogP contribution in [0.5, 0.6) is 0 Å². The minimum absolute atomic E-state index is 0.0146. The lowest BCUT2D eigenvalue weighted by molar-refractivity contribution is -0.120. The van der Waals surface area contributed by atoms with E-state index in [1.807, 2.05) is 30.3 Å². The lowest BCUT2D eigenvalue weighted by Crippen LogP contribution is -2.24. The van der Waals surface area contributed by atoms with E-state index in [0.29, 0.717) is 13.0 Å². The van der Waals surface area contributed by atoms with Crippen LogP contribution in [0, 0.1) is 0 Å². The molecule has 0 bridgehead atoms. The van der Waals surface area contributed by atoms with Gasteiger partial charge in [-0.05, 0) is 5.56 Å². The molecular weight excluding hydrogens is 202 g/mol. The highest BCUT2D eigenvalue weighted by molar-refractivity contribution is 5.78. The van der Waals surface area contributed by atoms with E-state index in [-0.39, 0.29) is 5.91 Å². The zero-order chi connectivity index (χ0) is 11.2. The Labute approximate surface area is 93.7 Å². The molecule has 0 radical (unpaired) electrons. The van der Waals surface area contributed by atoms with E-state index in [4.69, 9.17) is 0 Å². The Morgan fingerprint density at radius 2 is 2.12 bits per heavy atom. The number of imidazole rings is 1. The lowest BCUT2D eigenvalue weighted by Gasteiger charge is -2.03. The summed E-state index contributed by atoms with van der Waals surface area (Å²) in [6.45, 7) is 0.492. The number of H-pyrrole nitrogens is 1. The Morgan fingerprint density at radius 1 is 1.31 bits per heavy atom. The predicted molar refractivity (Wildman–Crippen MR) is 60.6 cm³/mol. The second-order valence-corrected chi connectivity index (χ2v) is 3.52. The van der Waals surface area contributed by atoms with Gasteiger partial charge in [-0.2, -0.15) is 0 Å². The van der Waals surface area contributed by atoms with E-state index < -0.39 is 0 Å². The van der Waals surface area contributed by atoms with Crippen molar-refractivity contribution < 1.29 is 4.79 Å². The molecule has 2 rings (SSSR count). The second-order valence-electron chi connectivity index (χ2n) is 3.52. The van der Waals surface area contributed by atoms with E-state index in [9.17, 15) is 4.79 Å². The standard InChI is InChI=1S/C12H13N3O/c16-12(6-10-4-2-1-3-5-10)14-8-11-7-13-9-15-11/h1-5,7,9H,6,8H2,(H,13,15)(H,14,16). The molecule has 0 fully saturated rings. The van der Waals surface area contributed by atoms with Gasteiger partial charge in [0.2, 0.25) is 5.91 Å². The summed E-state index contributed by atoms with van der Waals surface area (Å²) in [7, 11) is 0. The van der Waals surface area contributed by atoms with Gasteiger partial charge in [0.1, 0.15) is 0 Å². The molecule has 0 atom stereocenters. The molecule has 2 aromatic rings. The summed E-state index contributed by atoms with van der Waals surface area (Å²) >= 11 is 0. The number of hydrogen-bond acceptors (Lipinski definition) is 2. The molecule has 0 aliphatic rings. The fourth-order valence-corrected chi connectivity index (χ4v) is 1.42. The molecule has 0 aliphatic carbocycles. The van der Waals surface area contributed by atoms with Crippen LogP contribution in [-0.2, 0) is 17.8 Å². The first kappa shape index (κ1) is 10.4. The smallest absolute Gasteiger partial charge is 0.224 e. The van der Waals surface area contributed by atoms with Crippen molar-refractivity contribution in [2.75, 3.05) is 0 Å². The summed E-state index contributed by atoms with van der Waals surface area (Å²) in [5.41, 5.74) is 1.92. The Morgan fingerprint density at radius 3 is 2.81 bits per heavy atom. The van der Waals surface area contributed by atoms with Gasteiger partial charge in [-0.3, -0.25) is 4.79 Å². The third-order valence-corrected chi connectivity index (χ3v) is 2.24. The third-order valence-electron chi connectivity index (χ3n) is 2.24. The quantitative estimate of drug-likeness (QED) is 0.806. The van der Waals surface area contributed by atoms with Crippen molar-refractivity contribution in [1.29, 1.82) is 0 Å². The molecule has 4 nitrogen and oxygen atoms in total. The largest absolute Gasteiger partial charge is 0.350 e. The number of carbonyl (C=O) groups excluding carboxylic acids is 1. The molecule has 0 unspecified atom stereocenters. The maximum absolute atomic E-state index is 11.6. The second kappa shape index (κ2) is 5.11. The third kappa shape index (κ3) is 2.95. The van der Waals surface area contributed by atoms with E-state index in [0.717, 1.165) is 11.3 Å². The highest BCUT2D eigenvalue weighted by Crippen LogP contribution is 1.99. The first-order chi connectivity index (χ1) is 7.84. The molecular formula is C12H13N3O. The van der Waals surface area contributed by atoms with E-state index in [2.05, 4.69) is 15.3 Å². The van der Waals surface area contributed by atoms with Crippen molar-refractivity contribution >= 4 is 5.91 Å². The summed E-state index contributed by atoms with van der Waals surface area (Å²) in [6, 6.07) is 9.67. The summed E-state index contributed by atoms with van der Waals surface area (Å²) in [4.78, 5) is 18.4. The van der Waals surface area contributed by atoms with Crippen molar-refractivity contribution in [3.63, 3.8) is 0 Å². The van der Waals surface area contributed by atoms with Gasteiger partial charge in [-0.15, -0.1) is 0 Å². The van der Waals surface area contributed by atoms with Gasteiger partial charge in [0.05, 0.1) is 25.0 Å². The van der Waals surface area contributed by atoms with Crippen LogP contribution in [0.15, 0.2) is 42.9 Å². The molecule has 16 heavy (non-hydrogen) atoms. The van der Waals surface area contributed by atoms with Gasteiger partial charge in [0.15, 0.2) is 0 Å². The zero-order valence-corrected chi connectivity index (χ0v) is 8.81. The lowest BCUT2D eigenvalue weighted by atomic mass is 10.1. The molecule has 1 aromatic carbocycles. The van der Waals surface area contributed by atoms with Gasteiger partial charge in [-0.1, -0.05) is 30.3 Å². The van der Waals surface area contributed by atoms with Crippen LogP contribution in [0.1, 0.15) is 11.3 Å². The Balaban J connectivity index is 1.81. The highest BCUT2D eigenvalue weighted by atomic mass is 16.1. The molecule has 1 amide bonds. The molecule has 0 saturated heterocycles. The minimum Gasteiger partial charge on any atom is -0.350 e. The van der Waals surface area contributed by atoms with Crippen molar-refractivity contribution in [1.82, 2.24) is 15.3 Å². The van der Waals surface area contributed by atoms with Crippen molar-refractivity contribution in [2.45, 2.75) is 13.0 Å². The van der Waals surface area contributed by atoms with Crippen LogP contribution in [0.4, 0.5) is 0 Å². The number of amides is 1. The minimum atomic E-state index is 0.0146. The number of carbonyl (C=O) groups is 1. The van der Waals surface area contributed by atoms with Crippen LogP contribution < -0.4 is 5.32 Å². The number of benzene rings is 1. The van der Waals surface area contributed by atoms with Gasteiger partial charge in [0.25, 0.3) is 0 Å². The van der Waals surface area contributed by atoms with Gasteiger partial charge < -0.3 is 10.3 Å². The SMILES string of the molecule is O=C(Cc1ccccc1)NCc1cnc[nH]1. The Bertz CT molecular complexity index is 437. The average Bonchev–Trinajstić information content (AvgIpc) is 2.81. The number of nitrogens with zero attached hydrogens (tertiary/aromatic N) is 1. The Kier molecular flexibility index (Phi) is 3.33. The van der Waals surface area contributed by atoms with Crippen LogP contribution in [0.3, 0.4) is 0 Å². The summed E-state index contributed by atoms with van der Waals surface area (Å²) in [5.74, 6) is 0.0146. The predicted octanol–water partition coefficient (Wildman–Crippen LogP) is 1.27. The van der Waals surface area contributed by atoms with Crippen LogP contribution in [0.25, 0.3) is 0 Å². The van der Waals surface area contributed by atoms with Crippen LogP contribution in [-0.4, -0.2) is 15.9 Å². The number of aromatic amines is 1. The molecule has 0 spiro atoms. The fourth-order valence-electron chi connectivity index (χ4n) is 1.42. The van der Waals surface area contributed by atoms with Gasteiger partial charge >= 0.3 is 0 Å². The van der Waals surface area contributed by atoms with Crippen LogP contribution in [0.2, 0.25) is 0 Å². The number of aromatic nitrogens is 2. The van der Waals surface area contributed by atoms with Crippen molar-refractivity contribution in [2.24, 2.45) is 0 Å². The van der Waals surface area contributed by atoms with Crippen molar-refractivity contribution in [3.05, 3.63) is 54.1 Å². The van der Waals surface area contributed by atoms with Gasteiger partial charge in [-0.25, -0.2) is 4.98 Å². The molecule has 0 aliphatic heterocycles. The van der Waals surface area contributed by atoms with E-state index >= 15 is 0 Å². The molecule has 82 valence electrons.